The van der Waals surface area contributed by atoms with Gasteiger partial charge < -0.3 is 16.6 Å². The second-order valence-corrected chi connectivity index (χ2v) is 1.99. The predicted octanol–water partition coefficient (Wildman–Crippen LogP) is 0.165. The quantitative estimate of drug-likeness (QED) is 0.502. The lowest BCUT2D eigenvalue weighted by Crippen LogP contribution is -1.99. The van der Waals surface area contributed by atoms with Crippen LogP contribution in [-0.2, 0) is 4.79 Å². The Kier molecular flexibility index (Phi) is 14.3. The van der Waals surface area contributed by atoms with E-state index in [1.807, 2.05) is 0 Å². The van der Waals surface area contributed by atoms with Gasteiger partial charge >= 0.3 is 5.97 Å². The zero-order valence-electron chi connectivity index (χ0n) is 7.05. The molecule has 0 heterocycles. The Morgan fingerprint density at radius 2 is 1.82 bits per heavy atom. The van der Waals surface area contributed by atoms with Gasteiger partial charge in [-0.2, -0.15) is 0 Å². The summed E-state index contributed by atoms with van der Waals surface area (Å²) in [6, 6.07) is 0. The van der Waals surface area contributed by atoms with E-state index in [0.717, 1.165) is 19.3 Å². The van der Waals surface area contributed by atoms with Crippen LogP contribution in [0.25, 0.3) is 0 Å². The van der Waals surface area contributed by atoms with Crippen molar-refractivity contribution >= 4 is 5.97 Å². The summed E-state index contributed by atoms with van der Waals surface area (Å²) >= 11 is 0. The van der Waals surface area contributed by atoms with Gasteiger partial charge in [0.25, 0.3) is 0 Å². The van der Waals surface area contributed by atoms with E-state index in [9.17, 15) is 4.79 Å². The largest absolute Gasteiger partial charge is 0.481 e. The van der Waals surface area contributed by atoms with Crippen molar-refractivity contribution in [1.82, 2.24) is 0 Å². The van der Waals surface area contributed by atoms with Crippen LogP contribution in [0.5, 0.6) is 0 Å². The van der Waals surface area contributed by atoms with Gasteiger partial charge in [0.2, 0.25) is 0 Å². The van der Waals surface area contributed by atoms with Gasteiger partial charge in [-0.25, -0.2) is 0 Å². The Bertz CT molecular complexity index is 86.5. The molecule has 0 radical (unpaired) electrons. The first kappa shape index (κ1) is 13.0. The van der Waals surface area contributed by atoms with E-state index >= 15 is 0 Å². The fraction of sp³-hybridized carbons (Fsp3) is 0.857. The number of carbonyl (C=O) groups is 1. The fourth-order valence-corrected chi connectivity index (χ4v) is 0.597. The third kappa shape index (κ3) is 17.7. The third-order valence-electron chi connectivity index (χ3n) is 1.09. The van der Waals surface area contributed by atoms with Crippen LogP contribution >= 0.6 is 0 Å². The highest BCUT2D eigenvalue weighted by Crippen LogP contribution is 1.97. The molecule has 0 aromatic heterocycles. The number of hydrogen-bond acceptors (Lipinski definition) is 3. The lowest BCUT2D eigenvalue weighted by molar-refractivity contribution is -0.137. The molecule has 0 unspecified atom stereocenters. The first-order valence-corrected chi connectivity index (χ1v) is 3.77. The molecule has 0 aliphatic carbocycles. The van der Waals surface area contributed by atoms with E-state index < -0.39 is 5.97 Å². The molecule has 4 heteroatoms. The molecule has 68 valence electrons. The van der Waals surface area contributed by atoms with Gasteiger partial charge in [0.1, 0.15) is 0 Å². The van der Waals surface area contributed by atoms with Gasteiger partial charge in [0.05, 0.1) is 0 Å². The number of aliphatic carboxylic acids is 1. The van der Waals surface area contributed by atoms with Crippen molar-refractivity contribution < 1.29 is 9.90 Å². The topological polar surface area (TPSA) is 89.3 Å². The van der Waals surface area contributed by atoms with Crippen LogP contribution in [-0.4, -0.2) is 24.7 Å². The first-order chi connectivity index (χ1) is 5.27. The van der Waals surface area contributed by atoms with Crippen LogP contribution < -0.4 is 11.5 Å². The summed E-state index contributed by atoms with van der Waals surface area (Å²) in [7, 11) is 1.50. The summed E-state index contributed by atoms with van der Waals surface area (Å²) in [6.07, 6.45) is 2.91. The lowest BCUT2D eigenvalue weighted by atomic mass is 10.2. The van der Waals surface area contributed by atoms with E-state index in [1.54, 1.807) is 0 Å². The van der Waals surface area contributed by atoms with Crippen molar-refractivity contribution in [3.8, 4) is 0 Å². The van der Waals surface area contributed by atoms with Gasteiger partial charge in [-0.15, -0.1) is 0 Å². The van der Waals surface area contributed by atoms with E-state index in [1.165, 1.54) is 7.05 Å². The third-order valence-corrected chi connectivity index (χ3v) is 1.09. The summed E-state index contributed by atoms with van der Waals surface area (Å²) in [5, 5.41) is 8.18. The number of carboxylic acids is 1. The predicted molar refractivity (Wildman–Crippen MR) is 45.3 cm³/mol. The molecule has 0 amide bonds. The van der Waals surface area contributed by atoms with Crippen LogP contribution in [0, 0.1) is 0 Å². The van der Waals surface area contributed by atoms with Crippen molar-refractivity contribution in [2.24, 2.45) is 11.5 Å². The molecular weight excluding hydrogens is 144 g/mol. The molecule has 0 bridgehead atoms. The van der Waals surface area contributed by atoms with Crippen LogP contribution in [0.1, 0.15) is 25.7 Å². The molecule has 0 rings (SSSR count). The highest BCUT2D eigenvalue weighted by Gasteiger charge is 1.94. The summed E-state index contributed by atoms with van der Waals surface area (Å²) in [4.78, 5) is 9.93. The minimum atomic E-state index is -0.716. The molecule has 0 aromatic rings. The minimum Gasteiger partial charge on any atom is -0.481 e. The Morgan fingerprint density at radius 3 is 2.18 bits per heavy atom. The number of nitrogens with two attached hydrogens (primary N) is 2. The van der Waals surface area contributed by atoms with E-state index in [4.69, 9.17) is 10.8 Å². The van der Waals surface area contributed by atoms with Gasteiger partial charge in [-0.1, -0.05) is 6.42 Å². The Labute approximate surface area is 67.6 Å². The van der Waals surface area contributed by atoms with Gasteiger partial charge in [0, 0.05) is 6.42 Å². The maximum absolute atomic E-state index is 9.93. The van der Waals surface area contributed by atoms with Crippen LogP contribution in [0.2, 0.25) is 0 Å². The fourth-order valence-electron chi connectivity index (χ4n) is 0.597. The molecule has 0 saturated heterocycles. The molecule has 0 saturated carbocycles. The van der Waals surface area contributed by atoms with Crippen molar-refractivity contribution in [3.63, 3.8) is 0 Å². The molecule has 0 aromatic carbocycles. The van der Waals surface area contributed by atoms with E-state index in [2.05, 4.69) is 5.73 Å². The van der Waals surface area contributed by atoms with Gasteiger partial charge in [-0.05, 0) is 26.4 Å². The Morgan fingerprint density at radius 1 is 1.27 bits per heavy atom. The van der Waals surface area contributed by atoms with Crippen molar-refractivity contribution in [2.75, 3.05) is 13.6 Å². The van der Waals surface area contributed by atoms with Crippen molar-refractivity contribution in [2.45, 2.75) is 25.7 Å². The standard InChI is InChI=1S/C6H13NO2.CH5N/c7-5-3-1-2-4-6(8)9;1-2/h1-5,7H2,(H,8,9);2H2,1H3. The van der Waals surface area contributed by atoms with Crippen LogP contribution in [0.15, 0.2) is 0 Å². The summed E-state index contributed by atoms with van der Waals surface area (Å²) in [6.45, 7) is 0.666. The molecular formula is C7H18N2O2. The van der Waals surface area contributed by atoms with Crippen LogP contribution in [0.4, 0.5) is 0 Å². The van der Waals surface area contributed by atoms with E-state index in [-0.39, 0.29) is 6.42 Å². The lowest BCUT2D eigenvalue weighted by Gasteiger charge is -1.93. The summed E-state index contributed by atoms with van der Waals surface area (Å²) < 4.78 is 0. The first-order valence-electron chi connectivity index (χ1n) is 3.77. The molecule has 0 aliphatic heterocycles. The monoisotopic (exact) mass is 162 g/mol. The molecule has 0 aliphatic rings. The zero-order valence-corrected chi connectivity index (χ0v) is 7.05. The van der Waals surface area contributed by atoms with Crippen LogP contribution in [0.3, 0.4) is 0 Å². The zero-order chi connectivity index (χ0) is 9.11. The average molecular weight is 162 g/mol. The van der Waals surface area contributed by atoms with Gasteiger partial charge in [0.15, 0.2) is 0 Å². The van der Waals surface area contributed by atoms with Gasteiger partial charge in [-0.3, -0.25) is 4.79 Å². The van der Waals surface area contributed by atoms with Crippen molar-refractivity contribution in [1.29, 1.82) is 0 Å². The molecule has 0 spiro atoms. The normalized spacial score (nSPS) is 8.27. The smallest absolute Gasteiger partial charge is 0.303 e. The number of unbranched alkanes of at least 4 members (excludes halogenated alkanes) is 2. The maximum Gasteiger partial charge on any atom is 0.303 e. The minimum absolute atomic E-state index is 0.278. The second-order valence-electron chi connectivity index (χ2n) is 1.99. The highest BCUT2D eigenvalue weighted by atomic mass is 16.4. The highest BCUT2D eigenvalue weighted by molar-refractivity contribution is 5.66. The second kappa shape index (κ2) is 12.1. The number of hydrogen-bond donors (Lipinski definition) is 3. The molecule has 11 heavy (non-hydrogen) atoms. The molecule has 4 nitrogen and oxygen atoms in total. The SMILES string of the molecule is CN.NCCCCCC(=O)O. The Balaban J connectivity index is 0. The summed E-state index contributed by atoms with van der Waals surface area (Å²) in [5.41, 5.74) is 9.70. The molecule has 5 N–H and O–H groups in total. The number of rotatable bonds is 5. The number of carboxylic acid groups (broad SMARTS) is 1. The molecule has 0 atom stereocenters. The molecule has 0 fully saturated rings. The summed E-state index contributed by atoms with van der Waals surface area (Å²) in [5.74, 6) is -0.716. The average Bonchev–Trinajstić information content (AvgIpc) is 2.02. The Hall–Kier alpha value is -0.610. The maximum atomic E-state index is 9.93. The van der Waals surface area contributed by atoms with E-state index in [0.29, 0.717) is 6.54 Å². The van der Waals surface area contributed by atoms with Crippen molar-refractivity contribution in [3.05, 3.63) is 0 Å².